The van der Waals surface area contributed by atoms with Crippen LogP contribution in [0.4, 0.5) is 0 Å². The van der Waals surface area contributed by atoms with Crippen LogP contribution in [0.25, 0.3) is 33.4 Å². The average Bonchev–Trinajstić information content (AvgIpc) is 4.23. The Kier molecular flexibility index (Phi) is 20.7. The molecule has 0 unspecified atom stereocenters. The number of aryl methyl sites for hydroxylation is 6. The van der Waals surface area contributed by atoms with E-state index in [1.54, 1.807) is 30.3 Å². The fourth-order valence-corrected chi connectivity index (χ4v) is 14.6. The van der Waals surface area contributed by atoms with Crippen LogP contribution in [-0.2, 0) is 30.1 Å². The molecule has 0 bridgehead atoms. The van der Waals surface area contributed by atoms with E-state index < -0.39 is 30.1 Å². The number of sulfonamides is 3. The van der Waals surface area contributed by atoms with Crippen LogP contribution in [-0.4, -0.2) is 58.8 Å². The van der Waals surface area contributed by atoms with E-state index in [-0.39, 0.29) is 34.9 Å². The predicted molar refractivity (Wildman–Crippen MR) is 301 cm³/mol. The summed E-state index contributed by atoms with van der Waals surface area (Å²) in [7, 11) is -10.6. The Morgan fingerprint density at radius 1 is 0.461 bits per heavy atom. The number of nitrogens with one attached hydrogen (secondary N) is 3. The molecule has 76 heavy (non-hydrogen) atoms. The van der Waals surface area contributed by atoms with E-state index in [2.05, 4.69) is 50.4 Å². The van der Waals surface area contributed by atoms with Crippen LogP contribution in [0.3, 0.4) is 0 Å². The molecule has 3 saturated carbocycles. The van der Waals surface area contributed by atoms with Crippen molar-refractivity contribution in [2.45, 2.75) is 212 Å². The van der Waals surface area contributed by atoms with E-state index >= 15 is 0 Å². The molecule has 0 radical (unpaired) electrons. The van der Waals surface area contributed by atoms with Gasteiger partial charge in [-0.2, -0.15) is 0 Å². The lowest BCUT2D eigenvalue weighted by Gasteiger charge is -2.15. The molecule has 6 aromatic rings. The summed E-state index contributed by atoms with van der Waals surface area (Å²) in [6.07, 6.45) is 12.0. The van der Waals surface area contributed by atoms with Gasteiger partial charge in [-0.25, -0.2) is 39.4 Å². The molecule has 3 aromatic carbocycles. The van der Waals surface area contributed by atoms with Crippen molar-refractivity contribution in [3.63, 3.8) is 0 Å². The zero-order chi connectivity index (χ0) is 55.7. The quantitative estimate of drug-likeness (QED) is 0.0928. The highest BCUT2D eigenvalue weighted by Crippen LogP contribution is 2.37. The van der Waals surface area contributed by atoms with Crippen molar-refractivity contribution >= 4 is 30.1 Å². The van der Waals surface area contributed by atoms with E-state index in [1.807, 2.05) is 99.6 Å². The second kappa shape index (κ2) is 26.1. The number of benzene rings is 3. The van der Waals surface area contributed by atoms with Crippen molar-refractivity contribution in [2.24, 2.45) is 5.92 Å². The number of hydrogen-bond acceptors (Lipinski definition) is 12. The van der Waals surface area contributed by atoms with E-state index in [9.17, 15) is 25.3 Å². The van der Waals surface area contributed by atoms with Gasteiger partial charge in [0.05, 0.1) is 31.8 Å². The minimum atomic E-state index is -3.53. The summed E-state index contributed by atoms with van der Waals surface area (Å²) in [5.41, 5.74) is 9.01. The van der Waals surface area contributed by atoms with E-state index in [1.165, 1.54) is 0 Å². The van der Waals surface area contributed by atoms with Gasteiger partial charge in [0.25, 0.3) is 0 Å². The minimum Gasteiger partial charge on any atom is -0.361 e. The van der Waals surface area contributed by atoms with Crippen molar-refractivity contribution < 1.29 is 38.8 Å². The third-order valence-corrected chi connectivity index (χ3v) is 18.7. The number of aromatic nitrogens is 3. The number of nitrogens with zero attached hydrogens (tertiary/aromatic N) is 3. The molecule has 0 aliphatic heterocycles. The fraction of sp³-hybridized carbons (Fsp3) is 0.534. The maximum absolute atomic E-state index is 12.9. The highest BCUT2D eigenvalue weighted by molar-refractivity contribution is 7.90. The van der Waals surface area contributed by atoms with Crippen molar-refractivity contribution in [1.29, 1.82) is 0 Å². The highest BCUT2D eigenvalue weighted by Gasteiger charge is 2.29. The zero-order valence-electron chi connectivity index (χ0n) is 47.0. The van der Waals surface area contributed by atoms with Crippen molar-refractivity contribution in [3.8, 4) is 33.4 Å². The lowest BCUT2D eigenvalue weighted by Crippen LogP contribution is -2.33. The molecule has 3 aromatic heterocycles. The molecule has 3 N–H and O–H groups in total. The molecule has 416 valence electrons. The van der Waals surface area contributed by atoms with Gasteiger partial charge in [0.1, 0.15) is 17.3 Å². The van der Waals surface area contributed by atoms with Crippen LogP contribution in [0.2, 0.25) is 0 Å². The van der Waals surface area contributed by atoms with E-state index in [0.29, 0.717) is 21.3 Å². The van der Waals surface area contributed by atoms with Gasteiger partial charge < -0.3 is 13.6 Å². The molecule has 3 heterocycles. The van der Waals surface area contributed by atoms with Gasteiger partial charge in [-0.15, -0.1) is 0 Å². The first-order valence-electron chi connectivity index (χ1n) is 27.0. The van der Waals surface area contributed by atoms with E-state index in [4.69, 9.17) is 13.6 Å². The van der Waals surface area contributed by atoms with Crippen molar-refractivity contribution in [2.75, 3.05) is 0 Å². The van der Waals surface area contributed by atoms with Gasteiger partial charge in [0, 0.05) is 40.7 Å². The monoisotopic (exact) mass is 1100 g/mol. The van der Waals surface area contributed by atoms with Gasteiger partial charge in [-0.1, -0.05) is 139 Å². The molecule has 0 amide bonds. The Labute approximate surface area is 453 Å². The molecule has 0 saturated heterocycles. The Morgan fingerprint density at radius 2 is 0.855 bits per heavy atom. The molecule has 18 heteroatoms. The molecule has 3 aliphatic carbocycles. The molecule has 3 aliphatic rings. The van der Waals surface area contributed by atoms with Crippen LogP contribution >= 0.6 is 0 Å². The van der Waals surface area contributed by atoms with Crippen LogP contribution in [0.5, 0.6) is 0 Å². The summed E-state index contributed by atoms with van der Waals surface area (Å²) < 4.78 is 101. The lowest BCUT2D eigenvalue weighted by atomic mass is 9.97. The molecule has 15 nitrogen and oxygen atoms in total. The summed E-state index contributed by atoms with van der Waals surface area (Å²) in [6.45, 7) is 25.8. The summed E-state index contributed by atoms with van der Waals surface area (Å²) in [6, 6.07) is 18.2. The molecule has 0 atom stereocenters. The Hall–Kier alpha value is -4.98. The Bertz CT molecular complexity index is 3060. The van der Waals surface area contributed by atoms with Crippen LogP contribution in [0.15, 0.2) is 88.9 Å². The second-order valence-electron chi connectivity index (χ2n) is 22.0. The van der Waals surface area contributed by atoms with Gasteiger partial charge >= 0.3 is 0 Å². The third-order valence-electron chi connectivity index (χ3n) is 13.9. The first-order chi connectivity index (χ1) is 35.8. The first-order valence-corrected chi connectivity index (χ1v) is 31.5. The highest BCUT2D eigenvalue weighted by atomic mass is 32.2. The molecule has 0 spiro atoms. The molecular weight excluding hydrogens is 1020 g/mol. The maximum atomic E-state index is 12.9. The van der Waals surface area contributed by atoms with E-state index in [0.717, 1.165) is 150 Å². The maximum Gasteiger partial charge on any atom is 0.241 e. The summed E-state index contributed by atoms with van der Waals surface area (Å²) >= 11 is 0. The topological polar surface area (TPSA) is 217 Å². The van der Waals surface area contributed by atoms with Crippen LogP contribution in [0, 0.1) is 47.5 Å². The number of rotatable bonds is 14. The zero-order valence-corrected chi connectivity index (χ0v) is 49.4. The van der Waals surface area contributed by atoms with Crippen LogP contribution < -0.4 is 14.2 Å². The fourth-order valence-electron chi connectivity index (χ4n) is 10.1. The summed E-state index contributed by atoms with van der Waals surface area (Å²) in [5.74, 6) is 3.39. The molecule has 3 fully saturated rings. The summed E-state index contributed by atoms with van der Waals surface area (Å²) in [5, 5.41) is 12.1. The normalized spacial score (nSPS) is 15.7. The second-order valence-corrected chi connectivity index (χ2v) is 27.1. The minimum absolute atomic E-state index is 0.0524. The summed E-state index contributed by atoms with van der Waals surface area (Å²) in [4.78, 5) is 0.969. The van der Waals surface area contributed by atoms with Gasteiger partial charge in [0.15, 0.2) is 0 Å². The van der Waals surface area contributed by atoms with Crippen molar-refractivity contribution in [3.05, 3.63) is 106 Å². The average molecular weight is 1100 g/mol. The largest absolute Gasteiger partial charge is 0.361 e. The van der Waals surface area contributed by atoms with Crippen molar-refractivity contribution in [1.82, 2.24) is 29.6 Å². The number of hydrogen-bond donors (Lipinski definition) is 3. The first kappa shape index (κ1) is 60.3. The van der Waals surface area contributed by atoms with Gasteiger partial charge in [-0.3, -0.25) is 0 Å². The van der Waals surface area contributed by atoms with Gasteiger partial charge in [0.2, 0.25) is 30.1 Å². The Balaban J connectivity index is 0.000000179. The molecular formula is C58H82N6O9S3. The molecule has 9 rings (SSSR count). The predicted octanol–water partition coefficient (Wildman–Crippen LogP) is 13.4. The Morgan fingerprint density at radius 3 is 1.29 bits per heavy atom. The smallest absolute Gasteiger partial charge is 0.241 e. The lowest BCUT2D eigenvalue weighted by molar-refractivity contribution is 0.368. The third kappa shape index (κ3) is 15.4. The SMILES string of the molecule is CC(C)C.Cc1ccc(-c2c(C(C)C)noc2C)cc1S(=O)(=O)NC1CCCC1.Cc1ccc(-c2c(C)noc2C(C)C)cc1S(=O)(=O)NC1CCCC1.Cc1noc(C)c1-c1cccc(S(=O)(=O)NC2CCCC2)c1. The van der Waals surface area contributed by atoms with Crippen LogP contribution in [0.1, 0.15) is 183 Å². The standard InChI is InChI=1S/2C19H26N2O3S.C16H20N2O3S.C4H10/c1-12(2)19-18(14(4)24-20-19)15-10-9-13(3)17(11-15)25(22,23)21-16-7-5-6-8-16;1-12(2)19-18(14(4)20-24-19)15-10-9-13(3)17(11-15)25(22,23)21-16-7-5-6-8-16;1-11-16(12(2)21-17-11)13-6-5-9-15(10-13)22(19,20)18-14-7-3-4-8-14;1-4(2)3/h2*9-12,16,21H,5-8H2,1-4H3;5-6,9-10,14,18H,3-4,7-8H2,1-2H3;4H,1-3H3. The van der Waals surface area contributed by atoms with Gasteiger partial charge in [-0.05, 0) is 144 Å².